The first-order valence-corrected chi connectivity index (χ1v) is 6.07. The normalized spacial score (nSPS) is 12.3. The SMILES string of the molecule is CCOc1ccc(C(C)NC(=O)C(C)C)cc1. The summed E-state index contributed by atoms with van der Waals surface area (Å²) in [7, 11) is 0. The van der Waals surface area contributed by atoms with Crippen molar-refractivity contribution in [2.45, 2.75) is 33.7 Å². The molecule has 1 aromatic rings. The maximum atomic E-state index is 11.6. The molecule has 0 aliphatic heterocycles. The lowest BCUT2D eigenvalue weighted by atomic mass is 10.1. The second kappa shape index (κ2) is 6.28. The van der Waals surface area contributed by atoms with Gasteiger partial charge in [-0.05, 0) is 31.5 Å². The maximum Gasteiger partial charge on any atom is 0.223 e. The summed E-state index contributed by atoms with van der Waals surface area (Å²) in [6.45, 7) is 8.38. The zero-order valence-corrected chi connectivity index (χ0v) is 11.0. The summed E-state index contributed by atoms with van der Waals surface area (Å²) in [5.41, 5.74) is 1.09. The summed E-state index contributed by atoms with van der Waals surface area (Å²) in [6.07, 6.45) is 0. The van der Waals surface area contributed by atoms with Crippen LogP contribution in [0.4, 0.5) is 0 Å². The molecule has 0 spiro atoms. The van der Waals surface area contributed by atoms with Gasteiger partial charge in [0.2, 0.25) is 5.91 Å². The molecule has 1 aromatic carbocycles. The van der Waals surface area contributed by atoms with Gasteiger partial charge >= 0.3 is 0 Å². The monoisotopic (exact) mass is 235 g/mol. The number of hydrogen-bond acceptors (Lipinski definition) is 2. The summed E-state index contributed by atoms with van der Waals surface area (Å²) >= 11 is 0. The molecule has 0 saturated carbocycles. The molecule has 17 heavy (non-hydrogen) atoms. The first-order valence-electron chi connectivity index (χ1n) is 6.07. The van der Waals surface area contributed by atoms with Crippen LogP contribution in [-0.2, 0) is 4.79 Å². The van der Waals surface area contributed by atoms with Crippen molar-refractivity contribution < 1.29 is 9.53 Å². The highest BCUT2D eigenvalue weighted by atomic mass is 16.5. The lowest BCUT2D eigenvalue weighted by Crippen LogP contribution is -2.30. The fraction of sp³-hybridized carbons (Fsp3) is 0.500. The minimum absolute atomic E-state index is 0.0140. The average molecular weight is 235 g/mol. The van der Waals surface area contributed by atoms with Crippen molar-refractivity contribution in [3.05, 3.63) is 29.8 Å². The highest BCUT2D eigenvalue weighted by molar-refractivity contribution is 5.78. The van der Waals surface area contributed by atoms with Crippen LogP contribution in [0.5, 0.6) is 5.75 Å². The van der Waals surface area contributed by atoms with Crippen LogP contribution in [0.1, 0.15) is 39.3 Å². The van der Waals surface area contributed by atoms with Gasteiger partial charge in [-0.2, -0.15) is 0 Å². The van der Waals surface area contributed by atoms with Gasteiger partial charge in [0.25, 0.3) is 0 Å². The van der Waals surface area contributed by atoms with Gasteiger partial charge in [-0.25, -0.2) is 0 Å². The van der Waals surface area contributed by atoms with Gasteiger partial charge in [0.15, 0.2) is 0 Å². The molecule has 1 atom stereocenters. The first-order chi connectivity index (χ1) is 8.04. The highest BCUT2D eigenvalue weighted by Gasteiger charge is 2.12. The fourth-order valence-electron chi connectivity index (χ4n) is 1.48. The van der Waals surface area contributed by atoms with Crippen molar-refractivity contribution >= 4 is 5.91 Å². The van der Waals surface area contributed by atoms with Gasteiger partial charge in [0.1, 0.15) is 5.75 Å². The smallest absolute Gasteiger partial charge is 0.223 e. The molecule has 1 unspecified atom stereocenters. The largest absolute Gasteiger partial charge is 0.494 e. The molecule has 0 heterocycles. The Hall–Kier alpha value is -1.51. The third-order valence-electron chi connectivity index (χ3n) is 2.57. The third kappa shape index (κ3) is 4.10. The minimum atomic E-state index is 0.0140. The van der Waals surface area contributed by atoms with E-state index in [-0.39, 0.29) is 17.9 Å². The molecule has 3 nitrogen and oxygen atoms in total. The number of benzene rings is 1. The first kappa shape index (κ1) is 13.6. The van der Waals surface area contributed by atoms with E-state index in [0.717, 1.165) is 11.3 Å². The average Bonchev–Trinajstić information content (AvgIpc) is 2.30. The molecule has 0 aromatic heterocycles. The van der Waals surface area contributed by atoms with Crippen LogP contribution in [0.2, 0.25) is 0 Å². The van der Waals surface area contributed by atoms with E-state index >= 15 is 0 Å². The number of rotatable bonds is 5. The second-order valence-corrected chi connectivity index (χ2v) is 4.39. The fourth-order valence-corrected chi connectivity index (χ4v) is 1.48. The van der Waals surface area contributed by atoms with E-state index in [9.17, 15) is 4.79 Å². The van der Waals surface area contributed by atoms with E-state index in [1.165, 1.54) is 0 Å². The number of carbonyl (C=O) groups excluding carboxylic acids is 1. The molecule has 0 bridgehead atoms. The van der Waals surface area contributed by atoms with E-state index in [1.807, 2.05) is 52.0 Å². The predicted molar refractivity (Wildman–Crippen MR) is 69.0 cm³/mol. The lowest BCUT2D eigenvalue weighted by Gasteiger charge is -2.16. The van der Waals surface area contributed by atoms with Crippen molar-refractivity contribution in [3.63, 3.8) is 0 Å². The predicted octanol–water partition coefficient (Wildman–Crippen LogP) is 2.92. The Morgan fingerprint density at radius 1 is 1.24 bits per heavy atom. The molecule has 3 heteroatoms. The Morgan fingerprint density at radius 2 is 1.82 bits per heavy atom. The van der Waals surface area contributed by atoms with Crippen LogP contribution >= 0.6 is 0 Å². The molecule has 1 rings (SSSR count). The van der Waals surface area contributed by atoms with Crippen molar-refractivity contribution in [2.24, 2.45) is 5.92 Å². The quantitative estimate of drug-likeness (QED) is 0.852. The van der Waals surface area contributed by atoms with E-state index in [2.05, 4.69) is 5.32 Å². The van der Waals surface area contributed by atoms with Gasteiger partial charge < -0.3 is 10.1 Å². The molecule has 0 fully saturated rings. The van der Waals surface area contributed by atoms with Crippen LogP contribution < -0.4 is 10.1 Å². The van der Waals surface area contributed by atoms with Crippen LogP contribution in [0.3, 0.4) is 0 Å². The van der Waals surface area contributed by atoms with Crippen molar-refractivity contribution in [2.75, 3.05) is 6.61 Å². The third-order valence-corrected chi connectivity index (χ3v) is 2.57. The van der Waals surface area contributed by atoms with E-state index < -0.39 is 0 Å². The van der Waals surface area contributed by atoms with Crippen molar-refractivity contribution in [1.82, 2.24) is 5.32 Å². The second-order valence-electron chi connectivity index (χ2n) is 4.39. The number of carbonyl (C=O) groups is 1. The molecule has 0 radical (unpaired) electrons. The molecule has 0 aliphatic carbocycles. The summed E-state index contributed by atoms with van der Waals surface area (Å²) in [5.74, 6) is 0.949. The Kier molecular flexibility index (Phi) is 5.01. The van der Waals surface area contributed by atoms with E-state index in [0.29, 0.717) is 6.61 Å². The van der Waals surface area contributed by atoms with Crippen molar-refractivity contribution in [1.29, 1.82) is 0 Å². The summed E-state index contributed by atoms with van der Waals surface area (Å²) in [6, 6.07) is 7.85. The standard InChI is InChI=1S/C14H21NO2/c1-5-17-13-8-6-12(7-9-13)11(4)15-14(16)10(2)3/h6-11H,5H2,1-4H3,(H,15,16). The van der Waals surface area contributed by atoms with Crippen molar-refractivity contribution in [3.8, 4) is 5.75 Å². The Bertz CT molecular complexity index is 357. The van der Waals surface area contributed by atoms with Gasteiger partial charge in [-0.15, -0.1) is 0 Å². The van der Waals surface area contributed by atoms with Crippen LogP contribution in [-0.4, -0.2) is 12.5 Å². The molecule has 1 amide bonds. The summed E-state index contributed by atoms with van der Waals surface area (Å²) in [5, 5.41) is 2.97. The minimum Gasteiger partial charge on any atom is -0.494 e. The topological polar surface area (TPSA) is 38.3 Å². The van der Waals surface area contributed by atoms with Gasteiger partial charge in [-0.3, -0.25) is 4.79 Å². The number of nitrogens with one attached hydrogen (secondary N) is 1. The maximum absolute atomic E-state index is 11.6. The lowest BCUT2D eigenvalue weighted by molar-refractivity contribution is -0.124. The molecule has 0 saturated heterocycles. The highest BCUT2D eigenvalue weighted by Crippen LogP contribution is 2.17. The summed E-state index contributed by atoms with van der Waals surface area (Å²) < 4.78 is 5.37. The Morgan fingerprint density at radius 3 is 2.29 bits per heavy atom. The number of amides is 1. The van der Waals surface area contributed by atoms with Crippen LogP contribution in [0, 0.1) is 5.92 Å². The number of ether oxygens (including phenoxy) is 1. The zero-order valence-electron chi connectivity index (χ0n) is 11.0. The molecular weight excluding hydrogens is 214 g/mol. The van der Waals surface area contributed by atoms with E-state index in [4.69, 9.17) is 4.74 Å². The van der Waals surface area contributed by atoms with Crippen LogP contribution in [0.15, 0.2) is 24.3 Å². The Balaban J connectivity index is 2.63. The van der Waals surface area contributed by atoms with Gasteiger partial charge in [-0.1, -0.05) is 26.0 Å². The number of hydrogen-bond donors (Lipinski definition) is 1. The van der Waals surface area contributed by atoms with Crippen LogP contribution in [0.25, 0.3) is 0 Å². The van der Waals surface area contributed by atoms with Gasteiger partial charge in [0.05, 0.1) is 12.6 Å². The molecule has 94 valence electrons. The summed E-state index contributed by atoms with van der Waals surface area (Å²) in [4.78, 5) is 11.6. The van der Waals surface area contributed by atoms with E-state index in [1.54, 1.807) is 0 Å². The molecule has 1 N–H and O–H groups in total. The Labute approximate surface area is 103 Å². The zero-order chi connectivity index (χ0) is 12.8. The molecule has 0 aliphatic rings. The van der Waals surface area contributed by atoms with Gasteiger partial charge in [0, 0.05) is 5.92 Å². The molecular formula is C14H21NO2.